The maximum absolute atomic E-state index is 12.4. The van der Waals surface area contributed by atoms with Gasteiger partial charge in [0, 0.05) is 32.2 Å². The third-order valence-corrected chi connectivity index (χ3v) is 4.27. The molecule has 2 fully saturated rings. The number of amides is 4. The first-order valence-corrected chi connectivity index (χ1v) is 7.46. The van der Waals surface area contributed by atoms with E-state index in [2.05, 4.69) is 0 Å². The Morgan fingerprint density at radius 2 is 1.95 bits per heavy atom. The fraction of sp³-hybridized carbons (Fsp3) is 0.438. The molecular weight excluding hydrogens is 282 g/mol. The smallest absolute Gasteiger partial charge is 0.326 e. The van der Waals surface area contributed by atoms with Gasteiger partial charge in [-0.1, -0.05) is 18.2 Å². The second kappa shape index (κ2) is 5.79. The largest absolute Gasteiger partial charge is 0.338 e. The lowest BCUT2D eigenvalue weighted by Gasteiger charge is -2.20. The van der Waals surface area contributed by atoms with Crippen LogP contribution in [0.5, 0.6) is 0 Å². The first kappa shape index (κ1) is 14.6. The molecular formula is C16H19N3O3. The summed E-state index contributed by atoms with van der Waals surface area (Å²) in [4.78, 5) is 40.6. The minimum Gasteiger partial charge on any atom is -0.338 e. The van der Waals surface area contributed by atoms with Crippen LogP contribution < -0.4 is 0 Å². The molecule has 3 rings (SSSR count). The monoisotopic (exact) mass is 301 g/mol. The number of imide groups is 1. The van der Waals surface area contributed by atoms with E-state index in [9.17, 15) is 14.4 Å². The van der Waals surface area contributed by atoms with E-state index in [-0.39, 0.29) is 30.3 Å². The fourth-order valence-electron chi connectivity index (χ4n) is 3.04. The fourth-order valence-corrected chi connectivity index (χ4v) is 3.04. The van der Waals surface area contributed by atoms with Crippen LogP contribution in [0, 0.1) is 5.92 Å². The van der Waals surface area contributed by atoms with Gasteiger partial charge in [0.05, 0.1) is 0 Å². The van der Waals surface area contributed by atoms with Crippen LogP contribution in [-0.2, 0) is 4.79 Å². The van der Waals surface area contributed by atoms with Crippen LogP contribution in [0.1, 0.15) is 16.8 Å². The van der Waals surface area contributed by atoms with Gasteiger partial charge in [-0.05, 0) is 24.5 Å². The number of nitrogens with zero attached hydrogens (tertiary/aromatic N) is 3. The highest BCUT2D eigenvalue weighted by Crippen LogP contribution is 2.21. The SMILES string of the molecule is CN1CC(=O)N(CC2CCN(C(=O)c3ccccc3)C2)C1=O. The average molecular weight is 301 g/mol. The number of carbonyl (C=O) groups is 3. The number of carbonyl (C=O) groups excluding carboxylic acids is 3. The maximum Gasteiger partial charge on any atom is 0.326 e. The van der Waals surface area contributed by atoms with Crippen LogP contribution in [-0.4, -0.2) is 65.8 Å². The summed E-state index contributed by atoms with van der Waals surface area (Å²) in [6, 6.07) is 8.94. The van der Waals surface area contributed by atoms with Crippen molar-refractivity contribution in [2.45, 2.75) is 6.42 Å². The third-order valence-electron chi connectivity index (χ3n) is 4.27. The van der Waals surface area contributed by atoms with Crippen molar-refractivity contribution < 1.29 is 14.4 Å². The van der Waals surface area contributed by atoms with Gasteiger partial charge >= 0.3 is 6.03 Å². The van der Waals surface area contributed by atoms with Crippen molar-refractivity contribution in [3.8, 4) is 0 Å². The minimum absolute atomic E-state index is 0.0132. The zero-order chi connectivity index (χ0) is 15.7. The Labute approximate surface area is 129 Å². The summed E-state index contributed by atoms with van der Waals surface area (Å²) in [7, 11) is 1.63. The van der Waals surface area contributed by atoms with Gasteiger partial charge in [-0.25, -0.2) is 4.79 Å². The van der Waals surface area contributed by atoms with E-state index in [1.807, 2.05) is 18.2 Å². The average Bonchev–Trinajstić information content (AvgIpc) is 3.08. The maximum atomic E-state index is 12.4. The molecule has 6 nitrogen and oxygen atoms in total. The van der Waals surface area contributed by atoms with Gasteiger partial charge in [0.25, 0.3) is 5.91 Å². The van der Waals surface area contributed by atoms with E-state index in [0.717, 1.165) is 6.42 Å². The van der Waals surface area contributed by atoms with Crippen LogP contribution in [0.25, 0.3) is 0 Å². The number of urea groups is 1. The van der Waals surface area contributed by atoms with Crippen molar-refractivity contribution in [2.24, 2.45) is 5.92 Å². The lowest BCUT2D eigenvalue weighted by molar-refractivity contribution is -0.125. The standard InChI is InChI=1S/C16H19N3O3/c1-17-11-14(20)19(16(17)22)10-12-7-8-18(9-12)15(21)13-5-3-2-4-6-13/h2-6,12H,7-11H2,1H3. The zero-order valence-corrected chi connectivity index (χ0v) is 12.6. The van der Waals surface area contributed by atoms with E-state index < -0.39 is 0 Å². The van der Waals surface area contributed by atoms with Crippen molar-refractivity contribution in [2.75, 3.05) is 33.2 Å². The molecule has 0 bridgehead atoms. The van der Waals surface area contributed by atoms with Gasteiger partial charge < -0.3 is 9.80 Å². The molecule has 0 saturated carbocycles. The number of hydrogen-bond donors (Lipinski definition) is 0. The predicted molar refractivity (Wildman–Crippen MR) is 80.2 cm³/mol. The van der Waals surface area contributed by atoms with Gasteiger partial charge in [-0.3, -0.25) is 14.5 Å². The second-order valence-electron chi connectivity index (χ2n) is 5.91. The Balaban J connectivity index is 1.60. The molecule has 2 heterocycles. The highest BCUT2D eigenvalue weighted by atomic mass is 16.2. The molecule has 116 valence electrons. The van der Waals surface area contributed by atoms with Crippen LogP contribution in [0.3, 0.4) is 0 Å². The molecule has 1 aromatic carbocycles. The molecule has 2 saturated heterocycles. The Kier molecular flexibility index (Phi) is 3.83. The molecule has 0 N–H and O–H groups in total. The Morgan fingerprint density at radius 3 is 2.59 bits per heavy atom. The summed E-state index contributed by atoms with van der Waals surface area (Å²) in [6.45, 7) is 1.82. The Morgan fingerprint density at radius 1 is 1.23 bits per heavy atom. The van der Waals surface area contributed by atoms with E-state index in [1.54, 1.807) is 24.1 Å². The first-order valence-electron chi connectivity index (χ1n) is 7.46. The molecule has 0 spiro atoms. The van der Waals surface area contributed by atoms with Crippen LogP contribution in [0.4, 0.5) is 4.79 Å². The molecule has 0 aromatic heterocycles. The van der Waals surface area contributed by atoms with Gasteiger partial charge in [-0.15, -0.1) is 0 Å². The quantitative estimate of drug-likeness (QED) is 0.784. The Hall–Kier alpha value is -2.37. The minimum atomic E-state index is -0.238. The highest BCUT2D eigenvalue weighted by Gasteiger charge is 2.37. The van der Waals surface area contributed by atoms with Crippen molar-refractivity contribution in [3.63, 3.8) is 0 Å². The Bertz CT molecular complexity index is 602. The van der Waals surface area contributed by atoms with Crippen LogP contribution in [0.2, 0.25) is 0 Å². The summed E-state index contributed by atoms with van der Waals surface area (Å²) < 4.78 is 0. The van der Waals surface area contributed by atoms with Gasteiger partial charge in [0.1, 0.15) is 6.54 Å². The number of likely N-dealkylation sites (tertiary alicyclic amines) is 1. The van der Waals surface area contributed by atoms with Gasteiger partial charge in [-0.2, -0.15) is 0 Å². The lowest BCUT2D eigenvalue weighted by atomic mass is 10.1. The molecule has 1 aromatic rings. The number of benzene rings is 1. The third kappa shape index (κ3) is 2.68. The van der Waals surface area contributed by atoms with Crippen LogP contribution in [0.15, 0.2) is 30.3 Å². The molecule has 4 amide bonds. The molecule has 22 heavy (non-hydrogen) atoms. The van der Waals surface area contributed by atoms with E-state index in [4.69, 9.17) is 0 Å². The van der Waals surface area contributed by atoms with Gasteiger partial charge in [0.15, 0.2) is 0 Å². The normalized spacial score (nSPS) is 21.9. The number of hydrogen-bond acceptors (Lipinski definition) is 3. The second-order valence-corrected chi connectivity index (χ2v) is 5.91. The summed E-state index contributed by atoms with van der Waals surface area (Å²) in [5.41, 5.74) is 0.677. The van der Waals surface area contributed by atoms with Gasteiger partial charge in [0.2, 0.25) is 5.91 Å². The molecule has 1 unspecified atom stereocenters. The van der Waals surface area contributed by atoms with E-state index in [0.29, 0.717) is 25.2 Å². The van der Waals surface area contributed by atoms with Crippen LogP contribution >= 0.6 is 0 Å². The predicted octanol–water partition coefficient (Wildman–Crippen LogP) is 1.04. The number of likely N-dealkylation sites (N-methyl/N-ethyl adjacent to an activating group) is 1. The molecule has 2 aliphatic rings. The van der Waals surface area contributed by atoms with Crippen molar-refractivity contribution in [1.82, 2.24) is 14.7 Å². The molecule has 6 heteroatoms. The molecule has 0 radical (unpaired) electrons. The zero-order valence-electron chi connectivity index (χ0n) is 12.6. The summed E-state index contributed by atoms with van der Waals surface area (Å²) in [5.74, 6) is 0.0201. The molecule has 1 atom stereocenters. The topological polar surface area (TPSA) is 60.9 Å². The molecule has 0 aliphatic carbocycles. The van der Waals surface area contributed by atoms with E-state index >= 15 is 0 Å². The summed E-state index contributed by atoms with van der Waals surface area (Å²) >= 11 is 0. The van der Waals surface area contributed by atoms with Crippen molar-refractivity contribution in [3.05, 3.63) is 35.9 Å². The molecule has 2 aliphatic heterocycles. The number of rotatable bonds is 3. The summed E-state index contributed by atoms with van der Waals surface area (Å²) in [6.07, 6.45) is 0.819. The van der Waals surface area contributed by atoms with Crippen molar-refractivity contribution >= 4 is 17.8 Å². The van der Waals surface area contributed by atoms with E-state index in [1.165, 1.54) is 9.80 Å². The first-order chi connectivity index (χ1) is 10.6. The van der Waals surface area contributed by atoms with Crippen molar-refractivity contribution in [1.29, 1.82) is 0 Å². The lowest BCUT2D eigenvalue weighted by Crippen LogP contribution is -2.37. The highest BCUT2D eigenvalue weighted by molar-refractivity contribution is 6.01. The summed E-state index contributed by atoms with van der Waals surface area (Å²) in [5, 5.41) is 0.